The number of hydrogen-bond donors (Lipinski definition) is 3. The lowest BCUT2D eigenvalue weighted by Crippen LogP contribution is -2.28. The molecule has 1 aromatic heterocycles. The number of nitrogens with two attached hydrogens (primary N) is 1. The topological polar surface area (TPSA) is 133 Å². The molecule has 1 aromatic carbocycles. The van der Waals surface area contributed by atoms with Gasteiger partial charge in [0.15, 0.2) is 0 Å². The second-order valence-corrected chi connectivity index (χ2v) is 7.36. The SMILES string of the molecule is COc1cc(-n2c(N)c3c(cc2=O)C(=O)NC3=O)ccc1NC(=O)C(C)(C)C. The fourth-order valence-corrected chi connectivity index (χ4v) is 2.78. The largest absolute Gasteiger partial charge is 0.494 e. The Morgan fingerprint density at radius 1 is 1.14 bits per heavy atom. The van der Waals surface area contributed by atoms with E-state index in [1.807, 2.05) is 0 Å². The van der Waals surface area contributed by atoms with Crippen LogP contribution < -0.4 is 26.7 Å². The van der Waals surface area contributed by atoms with Crippen LogP contribution in [0.1, 0.15) is 41.5 Å². The number of fused-ring (bicyclic) bond motifs is 1. The fraction of sp³-hybridized carbons (Fsp3) is 0.263. The maximum absolute atomic E-state index is 12.5. The molecule has 0 bridgehead atoms. The van der Waals surface area contributed by atoms with Crippen LogP contribution in [0.2, 0.25) is 0 Å². The zero-order valence-electron chi connectivity index (χ0n) is 15.9. The van der Waals surface area contributed by atoms with Crippen molar-refractivity contribution in [2.24, 2.45) is 5.41 Å². The fourth-order valence-electron chi connectivity index (χ4n) is 2.78. The molecule has 2 aromatic rings. The van der Waals surface area contributed by atoms with Gasteiger partial charge in [-0.3, -0.25) is 29.1 Å². The number of ether oxygens (including phenoxy) is 1. The Hall–Kier alpha value is -3.62. The van der Waals surface area contributed by atoms with Gasteiger partial charge in [-0.05, 0) is 12.1 Å². The standard InChI is InChI=1S/C19H20N4O5/c1-19(2,3)18(27)21-11-6-5-9(7-12(11)28-4)23-13(24)8-10-14(15(23)20)17(26)22-16(10)25/h5-8H,20H2,1-4H3,(H,21,27)(H,22,25,26). The second kappa shape index (κ2) is 6.52. The Morgan fingerprint density at radius 3 is 2.43 bits per heavy atom. The first-order valence-electron chi connectivity index (χ1n) is 8.45. The van der Waals surface area contributed by atoms with Crippen LogP contribution in [0.5, 0.6) is 5.75 Å². The van der Waals surface area contributed by atoms with E-state index >= 15 is 0 Å². The number of aromatic nitrogens is 1. The van der Waals surface area contributed by atoms with Gasteiger partial charge in [-0.1, -0.05) is 20.8 Å². The van der Waals surface area contributed by atoms with Crippen molar-refractivity contribution in [3.63, 3.8) is 0 Å². The Labute approximate surface area is 160 Å². The van der Waals surface area contributed by atoms with Crippen LogP contribution in [0, 0.1) is 5.41 Å². The van der Waals surface area contributed by atoms with Gasteiger partial charge in [0.05, 0.1) is 29.6 Å². The molecule has 0 saturated heterocycles. The second-order valence-electron chi connectivity index (χ2n) is 7.36. The van der Waals surface area contributed by atoms with Gasteiger partial charge < -0.3 is 15.8 Å². The lowest BCUT2D eigenvalue weighted by Gasteiger charge is -2.20. The van der Waals surface area contributed by atoms with Crippen molar-refractivity contribution >= 4 is 29.2 Å². The molecule has 0 atom stereocenters. The molecule has 0 spiro atoms. The molecule has 3 amide bonds. The van der Waals surface area contributed by atoms with E-state index in [9.17, 15) is 19.2 Å². The van der Waals surface area contributed by atoms with Crippen LogP contribution >= 0.6 is 0 Å². The molecule has 1 aliphatic rings. The Kier molecular flexibility index (Phi) is 4.46. The van der Waals surface area contributed by atoms with Crippen LogP contribution in [0.4, 0.5) is 11.5 Å². The number of amides is 3. The van der Waals surface area contributed by atoms with Crippen molar-refractivity contribution in [2.75, 3.05) is 18.2 Å². The molecule has 2 heterocycles. The number of anilines is 2. The zero-order chi connectivity index (χ0) is 20.8. The molecule has 0 saturated carbocycles. The van der Waals surface area contributed by atoms with Crippen LogP contribution in [0.25, 0.3) is 5.69 Å². The Balaban J connectivity index is 2.10. The number of benzene rings is 1. The highest BCUT2D eigenvalue weighted by Gasteiger charge is 2.32. The summed E-state index contributed by atoms with van der Waals surface area (Å²) in [5, 5.41) is 4.89. The normalized spacial score (nSPS) is 13.1. The molecular formula is C19H20N4O5. The molecule has 0 radical (unpaired) electrons. The molecule has 28 heavy (non-hydrogen) atoms. The third-order valence-corrected chi connectivity index (χ3v) is 4.33. The lowest BCUT2D eigenvalue weighted by molar-refractivity contribution is -0.123. The van der Waals surface area contributed by atoms with Gasteiger partial charge in [-0.15, -0.1) is 0 Å². The van der Waals surface area contributed by atoms with E-state index in [-0.39, 0.29) is 22.9 Å². The van der Waals surface area contributed by atoms with E-state index in [4.69, 9.17) is 10.5 Å². The summed E-state index contributed by atoms with van der Waals surface area (Å²) < 4.78 is 6.43. The van der Waals surface area contributed by atoms with Crippen molar-refractivity contribution in [3.05, 3.63) is 45.7 Å². The van der Waals surface area contributed by atoms with E-state index in [1.165, 1.54) is 13.2 Å². The molecule has 4 N–H and O–H groups in total. The lowest BCUT2D eigenvalue weighted by atomic mass is 9.95. The van der Waals surface area contributed by atoms with E-state index in [0.29, 0.717) is 17.1 Å². The summed E-state index contributed by atoms with van der Waals surface area (Å²) in [6.45, 7) is 5.33. The summed E-state index contributed by atoms with van der Waals surface area (Å²) in [6.07, 6.45) is 0. The van der Waals surface area contributed by atoms with Gasteiger partial charge in [-0.2, -0.15) is 0 Å². The van der Waals surface area contributed by atoms with Crippen molar-refractivity contribution in [1.29, 1.82) is 0 Å². The average Bonchev–Trinajstić information content (AvgIpc) is 2.88. The van der Waals surface area contributed by atoms with Gasteiger partial charge in [0.1, 0.15) is 11.6 Å². The van der Waals surface area contributed by atoms with Crippen LogP contribution in [-0.2, 0) is 4.79 Å². The number of hydrogen-bond acceptors (Lipinski definition) is 6. The first-order chi connectivity index (χ1) is 13.0. The third-order valence-electron chi connectivity index (χ3n) is 4.33. The Morgan fingerprint density at radius 2 is 1.82 bits per heavy atom. The molecule has 1 aliphatic heterocycles. The van der Waals surface area contributed by atoms with Crippen molar-refractivity contribution in [1.82, 2.24) is 9.88 Å². The van der Waals surface area contributed by atoms with E-state index in [0.717, 1.165) is 10.6 Å². The highest BCUT2D eigenvalue weighted by molar-refractivity contribution is 6.23. The molecule has 0 fully saturated rings. The number of rotatable bonds is 3. The van der Waals surface area contributed by atoms with Gasteiger partial charge in [-0.25, -0.2) is 0 Å². The van der Waals surface area contributed by atoms with E-state index in [1.54, 1.807) is 32.9 Å². The molecule has 9 nitrogen and oxygen atoms in total. The minimum atomic E-state index is -0.660. The molecule has 0 unspecified atom stereocenters. The first kappa shape index (κ1) is 19.2. The summed E-state index contributed by atoms with van der Waals surface area (Å²) >= 11 is 0. The maximum Gasteiger partial charge on any atom is 0.262 e. The summed E-state index contributed by atoms with van der Waals surface area (Å²) in [6, 6.07) is 5.70. The highest BCUT2D eigenvalue weighted by atomic mass is 16.5. The van der Waals surface area contributed by atoms with Gasteiger partial charge >= 0.3 is 0 Å². The average molecular weight is 384 g/mol. The quantitative estimate of drug-likeness (QED) is 0.683. The predicted octanol–water partition coefficient (Wildman–Crippen LogP) is 1.30. The van der Waals surface area contributed by atoms with Crippen LogP contribution in [0.3, 0.4) is 0 Å². The number of imide groups is 1. The van der Waals surface area contributed by atoms with Gasteiger partial charge in [0.25, 0.3) is 17.4 Å². The molecule has 0 aliphatic carbocycles. The van der Waals surface area contributed by atoms with Crippen molar-refractivity contribution in [3.8, 4) is 11.4 Å². The van der Waals surface area contributed by atoms with E-state index < -0.39 is 22.8 Å². The predicted molar refractivity (Wildman–Crippen MR) is 103 cm³/mol. The number of carbonyl (C=O) groups excluding carboxylic acids is 3. The molecule has 146 valence electrons. The highest BCUT2D eigenvalue weighted by Crippen LogP contribution is 2.30. The van der Waals surface area contributed by atoms with E-state index in [2.05, 4.69) is 10.6 Å². The summed E-state index contributed by atoms with van der Waals surface area (Å²) in [7, 11) is 1.42. The minimum Gasteiger partial charge on any atom is -0.494 e. The van der Waals surface area contributed by atoms with Crippen molar-refractivity contribution < 1.29 is 19.1 Å². The molecule has 9 heteroatoms. The number of methoxy groups -OCH3 is 1. The third kappa shape index (κ3) is 3.11. The van der Waals surface area contributed by atoms with Crippen LogP contribution in [-0.4, -0.2) is 29.4 Å². The number of pyridine rings is 1. The smallest absolute Gasteiger partial charge is 0.262 e. The van der Waals surface area contributed by atoms with Gasteiger partial charge in [0, 0.05) is 17.5 Å². The van der Waals surface area contributed by atoms with Crippen molar-refractivity contribution in [2.45, 2.75) is 20.8 Å². The summed E-state index contributed by atoms with van der Waals surface area (Å²) in [4.78, 5) is 48.5. The number of carbonyl (C=O) groups is 3. The molecular weight excluding hydrogens is 364 g/mol. The zero-order valence-corrected chi connectivity index (χ0v) is 15.9. The van der Waals surface area contributed by atoms with Crippen LogP contribution in [0.15, 0.2) is 29.1 Å². The first-order valence-corrected chi connectivity index (χ1v) is 8.45. The number of nitrogen functional groups attached to an aromatic ring is 1. The monoisotopic (exact) mass is 384 g/mol. The Bertz CT molecular complexity index is 1080. The minimum absolute atomic E-state index is 0.0475. The molecule has 3 rings (SSSR count). The van der Waals surface area contributed by atoms with Gasteiger partial charge in [0.2, 0.25) is 5.91 Å². The maximum atomic E-state index is 12.5. The summed E-state index contributed by atoms with van der Waals surface area (Å²) in [5.41, 5.74) is 5.49. The number of nitrogens with zero attached hydrogens (tertiary/aromatic N) is 1. The number of nitrogens with one attached hydrogen (secondary N) is 2. The summed E-state index contributed by atoms with van der Waals surface area (Å²) in [5.74, 6) is -1.37.